The SMILES string of the molecule is CC(O)Cc1ccc2nc(C(C)(C)C)sc2c1. The maximum atomic E-state index is 9.40. The molecule has 0 bridgehead atoms. The summed E-state index contributed by atoms with van der Waals surface area (Å²) in [4.78, 5) is 4.66. The predicted molar refractivity (Wildman–Crippen MR) is 73.7 cm³/mol. The second-order valence-corrected chi connectivity index (χ2v) is 6.65. The van der Waals surface area contributed by atoms with Crippen molar-refractivity contribution in [3.05, 3.63) is 28.8 Å². The Kier molecular flexibility index (Phi) is 3.23. The van der Waals surface area contributed by atoms with Crippen molar-refractivity contribution >= 4 is 21.6 Å². The van der Waals surface area contributed by atoms with E-state index in [1.54, 1.807) is 11.3 Å². The lowest BCUT2D eigenvalue weighted by molar-refractivity contribution is 0.195. The molecule has 1 aromatic heterocycles. The standard InChI is InChI=1S/C14H19NOS/c1-9(16)7-10-5-6-11-12(8-10)17-13(15-11)14(2,3)4/h5-6,8-9,16H,7H2,1-4H3. The molecule has 2 rings (SSSR count). The highest BCUT2D eigenvalue weighted by Crippen LogP contribution is 2.31. The molecule has 2 aromatic rings. The molecule has 0 aliphatic rings. The van der Waals surface area contributed by atoms with Crippen molar-refractivity contribution in [2.24, 2.45) is 0 Å². The molecule has 0 radical (unpaired) electrons. The third kappa shape index (κ3) is 2.85. The van der Waals surface area contributed by atoms with E-state index in [0.717, 1.165) is 5.52 Å². The molecule has 0 saturated heterocycles. The van der Waals surface area contributed by atoms with Crippen molar-refractivity contribution in [1.82, 2.24) is 4.98 Å². The van der Waals surface area contributed by atoms with Gasteiger partial charge in [0.1, 0.15) is 0 Å². The number of thiazole rings is 1. The largest absolute Gasteiger partial charge is 0.393 e. The summed E-state index contributed by atoms with van der Waals surface area (Å²) in [7, 11) is 0. The quantitative estimate of drug-likeness (QED) is 0.883. The number of benzene rings is 1. The van der Waals surface area contributed by atoms with Crippen molar-refractivity contribution in [3.8, 4) is 0 Å². The highest BCUT2D eigenvalue weighted by Gasteiger charge is 2.18. The topological polar surface area (TPSA) is 33.1 Å². The summed E-state index contributed by atoms with van der Waals surface area (Å²) in [6.45, 7) is 8.36. The zero-order valence-corrected chi connectivity index (χ0v) is 11.6. The summed E-state index contributed by atoms with van der Waals surface area (Å²) in [5, 5.41) is 10.6. The number of fused-ring (bicyclic) bond motifs is 1. The Balaban J connectivity index is 2.41. The average molecular weight is 249 g/mol. The average Bonchev–Trinajstić information content (AvgIpc) is 2.58. The van der Waals surface area contributed by atoms with E-state index in [2.05, 4.69) is 44.0 Å². The first-order valence-corrected chi connectivity index (χ1v) is 6.76. The van der Waals surface area contributed by atoms with E-state index in [0.29, 0.717) is 6.42 Å². The summed E-state index contributed by atoms with van der Waals surface area (Å²) < 4.78 is 1.22. The molecule has 0 aliphatic heterocycles. The number of aliphatic hydroxyl groups is 1. The lowest BCUT2D eigenvalue weighted by Gasteiger charge is -2.13. The summed E-state index contributed by atoms with van der Waals surface area (Å²) in [6, 6.07) is 6.26. The zero-order chi connectivity index (χ0) is 12.6. The van der Waals surface area contributed by atoms with Crippen LogP contribution in [0.25, 0.3) is 10.2 Å². The van der Waals surface area contributed by atoms with Crippen LogP contribution in [0.4, 0.5) is 0 Å². The van der Waals surface area contributed by atoms with Crippen molar-refractivity contribution < 1.29 is 5.11 Å². The molecule has 1 unspecified atom stereocenters. The van der Waals surface area contributed by atoms with Gasteiger partial charge in [0, 0.05) is 5.41 Å². The number of hydrogen-bond donors (Lipinski definition) is 1. The minimum absolute atomic E-state index is 0.105. The van der Waals surface area contributed by atoms with Gasteiger partial charge in [0.15, 0.2) is 0 Å². The van der Waals surface area contributed by atoms with Crippen LogP contribution >= 0.6 is 11.3 Å². The third-order valence-corrected chi connectivity index (χ3v) is 4.07. The van der Waals surface area contributed by atoms with Crippen LogP contribution in [0.5, 0.6) is 0 Å². The maximum Gasteiger partial charge on any atom is 0.0992 e. The zero-order valence-electron chi connectivity index (χ0n) is 10.8. The van der Waals surface area contributed by atoms with Crippen LogP contribution in [0, 0.1) is 0 Å². The van der Waals surface area contributed by atoms with E-state index in [1.165, 1.54) is 15.3 Å². The van der Waals surface area contributed by atoms with Crippen LogP contribution < -0.4 is 0 Å². The van der Waals surface area contributed by atoms with E-state index >= 15 is 0 Å². The summed E-state index contributed by atoms with van der Waals surface area (Å²) in [5.74, 6) is 0. The van der Waals surface area contributed by atoms with Crippen LogP contribution in [-0.4, -0.2) is 16.2 Å². The first kappa shape index (κ1) is 12.5. The Labute approximate surface area is 106 Å². The highest BCUT2D eigenvalue weighted by molar-refractivity contribution is 7.18. The molecule has 2 nitrogen and oxygen atoms in total. The molecule has 1 atom stereocenters. The number of hydrogen-bond acceptors (Lipinski definition) is 3. The van der Waals surface area contributed by atoms with Gasteiger partial charge in [0.05, 0.1) is 21.3 Å². The van der Waals surface area contributed by atoms with Crippen LogP contribution in [-0.2, 0) is 11.8 Å². The van der Waals surface area contributed by atoms with Gasteiger partial charge < -0.3 is 5.11 Å². The Morgan fingerprint density at radius 1 is 1.35 bits per heavy atom. The fraction of sp³-hybridized carbons (Fsp3) is 0.500. The van der Waals surface area contributed by atoms with Crippen molar-refractivity contribution in [3.63, 3.8) is 0 Å². The molecule has 0 fully saturated rings. The van der Waals surface area contributed by atoms with Crippen molar-refractivity contribution in [2.45, 2.75) is 45.6 Å². The fourth-order valence-corrected chi connectivity index (χ4v) is 2.84. The van der Waals surface area contributed by atoms with E-state index in [4.69, 9.17) is 0 Å². The molecule has 3 heteroatoms. The number of aromatic nitrogens is 1. The van der Waals surface area contributed by atoms with E-state index in [-0.39, 0.29) is 11.5 Å². The van der Waals surface area contributed by atoms with Gasteiger partial charge in [0.25, 0.3) is 0 Å². The van der Waals surface area contributed by atoms with Crippen LogP contribution in [0.3, 0.4) is 0 Å². The summed E-state index contributed by atoms with van der Waals surface area (Å²) in [5.41, 5.74) is 2.35. The Morgan fingerprint density at radius 2 is 2.06 bits per heavy atom. The second kappa shape index (κ2) is 4.39. The molecular weight excluding hydrogens is 230 g/mol. The first-order chi connectivity index (χ1) is 7.86. The predicted octanol–water partition coefficient (Wildman–Crippen LogP) is 3.52. The van der Waals surface area contributed by atoms with Crippen LogP contribution in [0.2, 0.25) is 0 Å². The molecule has 0 saturated carbocycles. The minimum atomic E-state index is -0.289. The molecular formula is C14H19NOS. The molecule has 0 aliphatic carbocycles. The molecule has 17 heavy (non-hydrogen) atoms. The Bertz CT molecular complexity index is 522. The molecule has 0 spiro atoms. The lowest BCUT2D eigenvalue weighted by atomic mass is 9.98. The number of rotatable bonds is 2. The maximum absolute atomic E-state index is 9.40. The Hall–Kier alpha value is -0.930. The first-order valence-electron chi connectivity index (χ1n) is 5.94. The number of aliphatic hydroxyl groups excluding tert-OH is 1. The summed E-state index contributed by atoms with van der Waals surface area (Å²) in [6.07, 6.45) is 0.418. The van der Waals surface area contributed by atoms with Gasteiger partial charge in [-0.3, -0.25) is 0 Å². The van der Waals surface area contributed by atoms with Crippen molar-refractivity contribution in [2.75, 3.05) is 0 Å². The smallest absolute Gasteiger partial charge is 0.0992 e. The fourth-order valence-electron chi connectivity index (χ4n) is 1.76. The molecule has 0 amide bonds. The van der Waals surface area contributed by atoms with E-state index in [9.17, 15) is 5.11 Å². The van der Waals surface area contributed by atoms with Gasteiger partial charge >= 0.3 is 0 Å². The molecule has 92 valence electrons. The number of nitrogens with zero attached hydrogens (tertiary/aromatic N) is 1. The monoisotopic (exact) mass is 249 g/mol. The van der Waals surface area contributed by atoms with Gasteiger partial charge in [-0.25, -0.2) is 4.98 Å². The van der Waals surface area contributed by atoms with Crippen molar-refractivity contribution in [1.29, 1.82) is 0 Å². The van der Waals surface area contributed by atoms with Gasteiger partial charge in [-0.1, -0.05) is 26.8 Å². The summed E-state index contributed by atoms with van der Waals surface area (Å²) >= 11 is 1.75. The van der Waals surface area contributed by atoms with Gasteiger partial charge in [0.2, 0.25) is 0 Å². The van der Waals surface area contributed by atoms with Gasteiger partial charge in [-0.05, 0) is 31.0 Å². The molecule has 1 aromatic carbocycles. The highest BCUT2D eigenvalue weighted by atomic mass is 32.1. The lowest BCUT2D eigenvalue weighted by Crippen LogP contribution is -2.09. The van der Waals surface area contributed by atoms with E-state index in [1.807, 2.05) is 6.92 Å². The van der Waals surface area contributed by atoms with Crippen LogP contribution in [0.15, 0.2) is 18.2 Å². The minimum Gasteiger partial charge on any atom is -0.393 e. The van der Waals surface area contributed by atoms with Gasteiger partial charge in [-0.2, -0.15) is 0 Å². The third-order valence-electron chi connectivity index (χ3n) is 2.63. The van der Waals surface area contributed by atoms with E-state index < -0.39 is 0 Å². The van der Waals surface area contributed by atoms with Crippen LogP contribution in [0.1, 0.15) is 38.3 Å². The second-order valence-electron chi connectivity index (χ2n) is 5.62. The molecule has 1 heterocycles. The molecule has 1 N–H and O–H groups in total. The van der Waals surface area contributed by atoms with Gasteiger partial charge in [-0.15, -0.1) is 11.3 Å². The normalized spacial score (nSPS) is 14.2. The Morgan fingerprint density at radius 3 is 2.65 bits per heavy atom.